The summed E-state index contributed by atoms with van der Waals surface area (Å²) in [6.07, 6.45) is 0.306. The molecular weight excluding hydrogens is 218 g/mol. The van der Waals surface area contributed by atoms with E-state index in [1.54, 1.807) is 6.92 Å². The standard InChI is InChI=1S/C4H7Cl3O2S/c1-2-4(8)9-3-10(5,6)7/h2-3H2,1H3. The van der Waals surface area contributed by atoms with Crippen molar-refractivity contribution in [2.24, 2.45) is 0 Å². The third-order valence-corrected chi connectivity index (χ3v) is 1.83. The predicted octanol–water partition coefficient (Wildman–Crippen LogP) is 3.16. The molecule has 0 aromatic carbocycles. The minimum Gasteiger partial charge on any atom is -0.453 e. The summed E-state index contributed by atoms with van der Waals surface area (Å²) in [5.74, 6) is -0.455. The first-order chi connectivity index (χ1) is 4.45. The van der Waals surface area contributed by atoms with Crippen molar-refractivity contribution >= 4 is 45.7 Å². The molecule has 0 radical (unpaired) electrons. The van der Waals surface area contributed by atoms with E-state index in [0.717, 1.165) is 0 Å². The second-order valence-corrected chi connectivity index (χ2v) is 8.89. The van der Waals surface area contributed by atoms with Crippen LogP contribution in [-0.2, 0) is 9.53 Å². The van der Waals surface area contributed by atoms with Crippen molar-refractivity contribution in [3.8, 4) is 0 Å². The minimum absolute atomic E-state index is 0.107. The van der Waals surface area contributed by atoms with Gasteiger partial charge in [0.15, 0.2) is 5.94 Å². The summed E-state index contributed by atoms with van der Waals surface area (Å²) < 4.78 is 4.56. The number of halogens is 3. The molecule has 62 valence electrons. The van der Waals surface area contributed by atoms with Crippen LogP contribution in [0.15, 0.2) is 0 Å². The molecular formula is C4H7Cl3O2S. The Kier molecular flexibility index (Phi) is 4.86. The maximum Gasteiger partial charge on any atom is 0.306 e. The van der Waals surface area contributed by atoms with Crippen molar-refractivity contribution in [2.45, 2.75) is 13.3 Å². The van der Waals surface area contributed by atoms with Crippen LogP contribution in [0.3, 0.4) is 0 Å². The SMILES string of the molecule is CCC(=O)OCS(Cl)(Cl)Cl. The zero-order chi connectivity index (χ0) is 8.20. The monoisotopic (exact) mass is 224 g/mol. The molecule has 2 nitrogen and oxygen atoms in total. The summed E-state index contributed by atoms with van der Waals surface area (Å²) in [5.41, 5.74) is 0. The van der Waals surface area contributed by atoms with Gasteiger partial charge in [0.05, 0.1) is 0 Å². The fraction of sp³-hybridized carbons (Fsp3) is 0.750. The largest absolute Gasteiger partial charge is 0.453 e. The van der Waals surface area contributed by atoms with E-state index < -0.39 is 7.67 Å². The first-order valence-electron chi connectivity index (χ1n) is 2.51. The van der Waals surface area contributed by atoms with Gasteiger partial charge < -0.3 is 4.74 Å². The fourth-order valence-electron chi connectivity index (χ4n) is 0.235. The second-order valence-electron chi connectivity index (χ2n) is 1.49. The lowest BCUT2D eigenvalue weighted by atomic mass is 10.5. The average molecular weight is 226 g/mol. The Bertz CT molecular complexity index is 122. The summed E-state index contributed by atoms with van der Waals surface area (Å²) in [5, 5.41) is 0. The molecule has 0 aromatic rings. The van der Waals surface area contributed by atoms with E-state index >= 15 is 0 Å². The molecule has 0 spiro atoms. The molecule has 0 aliphatic heterocycles. The quantitative estimate of drug-likeness (QED) is 0.690. The number of hydrogen-bond donors (Lipinski definition) is 0. The van der Waals surface area contributed by atoms with Gasteiger partial charge in [-0.15, -0.1) is 0 Å². The molecule has 0 N–H and O–H groups in total. The maximum atomic E-state index is 10.5. The van der Waals surface area contributed by atoms with Gasteiger partial charge in [0, 0.05) is 14.1 Å². The van der Waals surface area contributed by atoms with Crippen LogP contribution >= 0.6 is 39.7 Å². The molecule has 0 bridgehead atoms. The summed E-state index contributed by atoms with van der Waals surface area (Å²) in [6.45, 7) is 1.68. The molecule has 0 rings (SSSR count). The van der Waals surface area contributed by atoms with Gasteiger partial charge in [0.1, 0.15) is 0 Å². The van der Waals surface area contributed by atoms with Gasteiger partial charge >= 0.3 is 5.97 Å². The van der Waals surface area contributed by atoms with Crippen molar-refractivity contribution < 1.29 is 9.53 Å². The molecule has 0 fully saturated rings. The lowest BCUT2D eigenvalue weighted by molar-refractivity contribution is -0.140. The number of carbonyl (C=O) groups excluding carboxylic acids is 1. The highest BCUT2D eigenvalue weighted by Gasteiger charge is 2.15. The third-order valence-electron chi connectivity index (χ3n) is 0.642. The summed E-state index contributed by atoms with van der Waals surface area (Å²) >= 11 is 0. The summed E-state index contributed by atoms with van der Waals surface area (Å²) in [7, 11) is 13.9. The number of esters is 1. The highest BCUT2D eigenvalue weighted by Crippen LogP contribution is 2.62. The van der Waals surface area contributed by atoms with Crippen molar-refractivity contribution in [3.63, 3.8) is 0 Å². The average Bonchev–Trinajstić information content (AvgIpc) is 1.81. The van der Waals surface area contributed by atoms with Gasteiger partial charge in [0.25, 0.3) is 0 Å². The van der Waals surface area contributed by atoms with E-state index in [1.807, 2.05) is 0 Å². The molecule has 0 saturated heterocycles. The van der Waals surface area contributed by atoms with E-state index in [0.29, 0.717) is 6.42 Å². The fourth-order valence-corrected chi connectivity index (χ4v) is 0.901. The summed E-state index contributed by atoms with van der Waals surface area (Å²) in [4.78, 5) is 10.5. The van der Waals surface area contributed by atoms with Crippen LogP contribution in [0, 0.1) is 0 Å². The van der Waals surface area contributed by atoms with Crippen LogP contribution in [0.4, 0.5) is 0 Å². The Labute approximate surface area is 74.6 Å². The first-order valence-corrected chi connectivity index (χ1v) is 6.79. The Morgan fingerprint density at radius 1 is 1.50 bits per heavy atom. The zero-order valence-electron chi connectivity index (χ0n) is 5.27. The molecule has 0 atom stereocenters. The van der Waals surface area contributed by atoms with Crippen molar-refractivity contribution in [2.75, 3.05) is 5.94 Å². The first kappa shape index (κ1) is 10.7. The molecule has 10 heavy (non-hydrogen) atoms. The number of rotatable bonds is 3. The second kappa shape index (κ2) is 4.54. The highest BCUT2D eigenvalue weighted by molar-refractivity contribution is 8.78. The molecule has 0 aliphatic rings. The zero-order valence-corrected chi connectivity index (χ0v) is 8.36. The topological polar surface area (TPSA) is 26.3 Å². The van der Waals surface area contributed by atoms with Gasteiger partial charge in [-0.3, -0.25) is 4.79 Å². The van der Waals surface area contributed by atoms with Gasteiger partial charge in [-0.25, -0.2) is 0 Å². The lowest BCUT2D eigenvalue weighted by Crippen LogP contribution is -2.03. The van der Waals surface area contributed by atoms with Crippen LogP contribution in [-0.4, -0.2) is 11.9 Å². The molecule has 0 amide bonds. The van der Waals surface area contributed by atoms with E-state index in [1.165, 1.54) is 0 Å². The van der Waals surface area contributed by atoms with Crippen molar-refractivity contribution in [1.82, 2.24) is 0 Å². The Morgan fingerprint density at radius 3 is 2.30 bits per heavy atom. The van der Waals surface area contributed by atoms with Crippen LogP contribution in [0.25, 0.3) is 0 Å². The molecule has 0 unspecified atom stereocenters. The Balaban J connectivity index is 3.46. The lowest BCUT2D eigenvalue weighted by Gasteiger charge is -2.14. The molecule has 0 aliphatic carbocycles. The van der Waals surface area contributed by atoms with E-state index in [4.69, 9.17) is 32.0 Å². The van der Waals surface area contributed by atoms with Crippen molar-refractivity contribution in [1.29, 1.82) is 0 Å². The molecule has 6 heteroatoms. The van der Waals surface area contributed by atoms with Crippen LogP contribution in [0.2, 0.25) is 0 Å². The highest BCUT2D eigenvalue weighted by atomic mass is 36.2. The third kappa shape index (κ3) is 6.81. The van der Waals surface area contributed by atoms with Crippen LogP contribution < -0.4 is 0 Å². The number of carbonyl (C=O) groups is 1. The van der Waals surface area contributed by atoms with Gasteiger partial charge in [0.2, 0.25) is 0 Å². The minimum atomic E-state index is -2.26. The predicted molar refractivity (Wildman–Crippen MR) is 46.4 cm³/mol. The smallest absolute Gasteiger partial charge is 0.306 e. The van der Waals surface area contributed by atoms with Gasteiger partial charge in [-0.2, -0.15) is 0 Å². The van der Waals surface area contributed by atoms with Gasteiger partial charge in [-0.05, 0) is 32.0 Å². The normalized spacial score (nSPS) is 12.8. The maximum absolute atomic E-state index is 10.5. The van der Waals surface area contributed by atoms with Crippen LogP contribution in [0.1, 0.15) is 13.3 Å². The Hall–Kier alpha value is 0.690. The molecule has 0 aromatic heterocycles. The number of ether oxygens (including phenoxy) is 1. The molecule has 0 saturated carbocycles. The molecule has 0 heterocycles. The number of hydrogen-bond acceptors (Lipinski definition) is 2. The van der Waals surface area contributed by atoms with Gasteiger partial charge in [-0.1, -0.05) is 6.92 Å². The summed E-state index contributed by atoms with van der Waals surface area (Å²) in [6, 6.07) is 0. The van der Waals surface area contributed by atoms with E-state index in [9.17, 15) is 4.79 Å². The van der Waals surface area contributed by atoms with E-state index in [2.05, 4.69) is 4.74 Å². The van der Waals surface area contributed by atoms with Crippen molar-refractivity contribution in [3.05, 3.63) is 0 Å². The Morgan fingerprint density at radius 2 is 2.00 bits per heavy atom. The van der Waals surface area contributed by atoms with Crippen LogP contribution in [0.5, 0.6) is 0 Å². The van der Waals surface area contributed by atoms with E-state index in [-0.39, 0.29) is 11.9 Å².